The molecular weight excluding hydrogens is 290 g/mol. The second-order valence-corrected chi connectivity index (χ2v) is 3.91. The Hall–Kier alpha value is -1.73. The van der Waals surface area contributed by atoms with Crippen molar-refractivity contribution in [1.29, 1.82) is 0 Å². The monoisotopic (exact) mass is 300 g/mol. The third-order valence-electron chi connectivity index (χ3n) is 2.53. The zero-order valence-corrected chi connectivity index (χ0v) is 10.4. The summed E-state index contributed by atoms with van der Waals surface area (Å²) in [5.74, 6) is -1.23. The Balaban J connectivity index is 3.55. The van der Waals surface area contributed by atoms with Crippen LogP contribution >= 0.6 is 0 Å². The summed E-state index contributed by atoms with van der Waals surface area (Å²) in [6, 6.07) is 0.727. The standard InChI is InChI=1S/C12H10F6O2/c1-3-20-10(19)7-4-8(11(13,14)15)6(2)9(5-7)12(16,17)18/h4-5H,3H2,1-2H3. The van der Waals surface area contributed by atoms with Gasteiger partial charge in [0.1, 0.15) is 0 Å². The molecule has 1 aromatic rings. The van der Waals surface area contributed by atoms with Crippen LogP contribution in [0.5, 0.6) is 0 Å². The number of benzene rings is 1. The third-order valence-corrected chi connectivity index (χ3v) is 2.53. The van der Waals surface area contributed by atoms with Crippen molar-refractivity contribution in [2.45, 2.75) is 26.2 Å². The fourth-order valence-corrected chi connectivity index (χ4v) is 1.64. The SMILES string of the molecule is CCOC(=O)c1cc(C(F)(F)F)c(C)c(C(F)(F)F)c1. The van der Waals surface area contributed by atoms with Crippen molar-refractivity contribution in [2.24, 2.45) is 0 Å². The molecule has 1 rings (SSSR count). The number of hydrogen-bond acceptors (Lipinski definition) is 2. The number of rotatable bonds is 2. The van der Waals surface area contributed by atoms with Crippen molar-refractivity contribution in [1.82, 2.24) is 0 Å². The predicted molar refractivity (Wildman–Crippen MR) is 57.1 cm³/mol. The lowest BCUT2D eigenvalue weighted by Gasteiger charge is -2.17. The van der Waals surface area contributed by atoms with Gasteiger partial charge in [-0.05, 0) is 31.5 Å². The van der Waals surface area contributed by atoms with Crippen LogP contribution in [0.25, 0.3) is 0 Å². The fourth-order valence-electron chi connectivity index (χ4n) is 1.64. The van der Waals surface area contributed by atoms with E-state index in [0.717, 1.165) is 0 Å². The van der Waals surface area contributed by atoms with Crippen LogP contribution in [0.2, 0.25) is 0 Å². The van der Waals surface area contributed by atoms with Crippen molar-refractivity contribution in [3.8, 4) is 0 Å². The Morgan fingerprint density at radius 3 is 1.75 bits per heavy atom. The van der Waals surface area contributed by atoms with Crippen molar-refractivity contribution < 1.29 is 35.9 Å². The lowest BCUT2D eigenvalue weighted by molar-refractivity contribution is -0.144. The van der Waals surface area contributed by atoms with Gasteiger partial charge in [0, 0.05) is 0 Å². The van der Waals surface area contributed by atoms with Gasteiger partial charge in [-0.2, -0.15) is 26.3 Å². The van der Waals surface area contributed by atoms with Gasteiger partial charge in [0.25, 0.3) is 0 Å². The Bertz CT molecular complexity index is 481. The second kappa shape index (κ2) is 5.34. The van der Waals surface area contributed by atoms with Gasteiger partial charge in [-0.25, -0.2) is 4.79 Å². The Morgan fingerprint density at radius 1 is 1.05 bits per heavy atom. The van der Waals surface area contributed by atoms with E-state index in [4.69, 9.17) is 0 Å². The highest BCUT2D eigenvalue weighted by atomic mass is 19.4. The van der Waals surface area contributed by atoms with Gasteiger partial charge in [0.2, 0.25) is 0 Å². The van der Waals surface area contributed by atoms with E-state index in [1.165, 1.54) is 6.92 Å². The van der Waals surface area contributed by atoms with Crippen molar-refractivity contribution in [2.75, 3.05) is 6.61 Å². The minimum atomic E-state index is -4.99. The lowest BCUT2D eigenvalue weighted by Crippen LogP contribution is -2.17. The number of esters is 1. The van der Waals surface area contributed by atoms with Gasteiger partial charge < -0.3 is 4.74 Å². The summed E-state index contributed by atoms with van der Waals surface area (Å²) >= 11 is 0. The van der Waals surface area contributed by atoms with Crippen molar-refractivity contribution in [3.05, 3.63) is 34.4 Å². The number of hydrogen-bond donors (Lipinski definition) is 0. The second-order valence-electron chi connectivity index (χ2n) is 3.91. The van der Waals surface area contributed by atoms with Gasteiger partial charge >= 0.3 is 18.3 Å². The molecule has 0 bridgehead atoms. The van der Waals surface area contributed by atoms with E-state index in [1.807, 2.05) is 0 Å². The number of alkyl halides is 6. The van der Waals surface area contributed by atoms with Gasteiger partial charge in [0.05, 0.1) is 23.3 Å². The largest absolute Gasteiger partial charge is 0.462 e. The molecule has 112 valence electrons. The van der Waals surface area contributed by atoms with Crippen LogP contribution < -0.4 is 0 Å². The maximum atomic E-state index is 12.7. The fraction of sp³-hybridized carbons (Fsp3) is 0.417. The minimum absolute atomic E-state index is 0.157. The smallest absolute Gasteiger partial charge is 0.416 e. The molecule has 0 spiro atoms. The average Bonchev–Trinajstić information content (AvgIpc) is 2.26. The first-order valence-electron chi connectivity index (χ1n) is 5.44. The lowest BCUT2D eigenvalue weighted by atomic mass is 9.97. The first-order valence-corrected chi connectivity index (χ1v) is 5.44. The normalized spacial score (nSPS) is 12.4. The molecule has 0 N–H and O–H groups in total. The van der Waals surface area contributed by atoms with Crippen molar-refractivity contribution >= 4 is 5.97 Å². The average molecular weight is 300 g/mol. The maximum absolute atomic E-state index is 12.7. The number of ether oxygens (including phenoxy) is 1. The molecule has 0 unspecified atom stereocenters. The third kappa shape index (κ3) is 3.43. The first kappa shape index (κ1) is 16.3. The zero-order valence-electron chi connectivity index (χ0n) is 10.4. The van der Waals surface area contributed by atoms with Crippen LogP contribution in [0.15, 0.2) is 12.1 Å². The Labute approximate surface area is 110 Å². The molecule has 0 aliphatic rings. The Morgan fingerprint density at radius 2 is 1.45 bits per heavy atom. The van der Waals surface area contributed by atoms with Gasteiger partial charge in [0.15, 0.2) is 0 Å². The topological polar surface area (TPSA) is 26.3 Å². The van der Waals surface area contributed by atoms with Gasteiger partial charge in [-0.1, -0.05) is 0 Å². The molecular formula is C12H10F6O2. The summed E-state index contributed by atoms with van der Waals surface area (Å²) in [7, 11) is 0. The highest BCUT2D eigenvalue weighted by molar-refractivity contribution is 5.90. The minimum Gasteiger partial charge on any atom is -0.462 e. The number of carbonyl (C=O) groups is 1. The quantitative estimate of drug-likeness (QED) is 0.604. The molecule has 0 fully saturated rings. The summed E-state index contributed by atoms with van der Waals surface area (Å²) in [6.45, 7) is 1.94. The van der Waals surface area contributed by atoms with E-state index in [1.54, 1.807) is 0 Å². The van der Waals surface area contributed by atoms with E-state index in [-0.39, 0.29) is 6.61 Å². The molecule has 0 atom stereocenters. The predicted octanol–water partition coefficient (Wildman–Crippen LogP) is 4.21. The molecule has 0 radical (unpaired) electrons. The molecule has 0 amide bonds. The summed E-state index contributed by atoms with van der Waals surface area (Å²) in [5, 5.41) is 0. The molecule has 0 aromatic heterocycles. The summed E-state index contributed by atoms with van der Waals surface area (Å²) in [6.07, 6.45) is -9.99. The summed E-state index contributed by atoms with van der Waals surface area (Å²) in [4.78, 5) is 11.4. The number of halogens is 6. The van der Waals surface area contributed by atoms with Gasteiger partial charge in [-0.3, -0.25) is 0 Å². The summed E-state index contributed by atoms with van der Waals surface area (Å²) in [5.41, 5.74) is -4.76. The molecule has 0 saturated heterocycles. The van der Waals surface area contributed by atoms with Crippen LogP contribution in [0.1, 0.15) is 34.0 Å². The first-order chi connectivity index (χ1) is 8.98. The molecule has 0 aliphatic heterocycles. The highest BCUT2D eigenvalue weighted by Gasteiger charge is 2.40. The van der Waals surface area contributed by atoms with Crippen LogP contribution in [-0.2, 0) is 17.1 Å². The zero-order chi connectivity index (χ0) is 15.7. The Kier molecular flexibility index (Phi) is 4.36. The molecule has 0 saturated carbocycles. The van der Waals surface area contributed by atoms with E-state index in [9.17, 15) is 31.1 Å². The van der Waals surface area contributed by atoms with Gasteiger partial charge in [-0.15, -0.1) is 0 Å². The van der Waals surface area contributed by atoms with E-state index in [0.29, 0.717) is 19.1 Å². The highest BCUT2D eigenvalue weighted by Crippen LogP contribution is 2.39. The van der Waals surface area contributed by atoms with Crippen molar-refractivity contribution in [3.63, 3.8) is 0 Å². The molecule has 0 aliphatic carbocycles. The summed E-state index contributed by atoms with van der Waals surface area (Å²) < 4.78 is 80.8. The van der Waals surface area contributed by atoms with Crippen LogP contribution in [0.4, 0.5) is 26.3 Å². The maximum Gasteiger partial charge on any atom is 0.416 e. The molecule has 20 heavy (non-hydrogen) atoms. The van der Waals surface area contributed by atoms with Crippen LogP contribution in [-0.4, -0.2) is 12.6 Å². The van der Waals surface area contributed by atoms with Crippen LogP contribution in [0.3, 0.4) is 0 Å². The van der Waals surface area contributed by atoms with E-state index >= 15 is 0 Å². The van der Waals surface area contributed by atoms with E-state index < -0.39 is 40.6 Å². The molecule has 1 aromatic carbocycles. The molecule has 8 heteroatoms. The number of carbonyl (C=O) groups excluding carboxylic acids is 1. The van der Waals surface area contributed by atoms with Crippen LogP contribution in [0, 0.1) is 6.92 Å². The molecule has 2 nitrogen and oxygen atoms in total. The molecule has 0 heterocycles. The van der Waals surface area contributed by atoms with E-state index in [2.05, 4.69) is 4.74 Å².